The maximum Gasteiger partial charge on any atom is 0.243 e. The zero-order valence-electron chi connectivity index (χ0n) is 18.4. The van der Waals surface area contributed by atoms with Gasteiger partial charge in [-0.25, -0.2) is 23.4 Å². The van der Waals surface area contributed by atoms with Crippen LogP contribution in [0.2, 0.25) is 5.02 Å². The van der Waals surface area contributed by atoms with Crippen molar-refractivity contribution in [3.8, 4) is 11.6 Å². The highest BCUT2D eigenvalue weighted by molar-refractivity contribution is 7.89. The van der Waals surface area contributed by atoms with E-state index >= 15 is 0 Å². The Bertz CT molecular complexity index is 1250. The third kappa shape index (κ3) is 4.17. The summed E-state index contributed by atoms with van der Waals surface area (Å²) in [5, 5.41) is 0.265. The maximum atomic E-state index is 13.1. The van der Waals surface area contributed by atoms with Crippen molar-refractivity contribution in [2.75, 3.05) is 38.2 Å². The Morgan fingerprint density at radius 1 is 1.00 bits per heavy atom. The Labute approximate surface area is 192 Å². The van der Waals surface area contributed by atoms with Crippen LogP contribution in [0, 0.1) is 20.8 Å². The molecule has 0 N–H and O–H groups in total. The molecule has 3 heterocycles. The van der Waals surface area contributed by atoms with Crippen LogP contribution in [0.5, 0.6) is 5.75 Å². The summed E-state index contributed by atoms with van der Waals surface area (Å²) in [7, 11) is -2.17. The smallest absolute Gasteiger partial charge is 0.243 e. The molecule has 1 aromatic carbocycles. The summed E-state index contributed by atoms with van der Waals surface area (Å²) in [5.74, 6) is 2.59. The first-order valence-electron chi connectivity index (χ1n) is 10.2. The Kier molecular flexibility index (Phi) is 6.11. The van der Waals surface area contributed by atoms with E-state index in [1.807, 2.05) is 31.4 Å². The van der Waals surface area contributed by atoms with Gasteiger partial charge in [-0.2, -0.15) is 4.31 Å². The molecule has 32 heavy (non-hydrogen) atoms. The molecule has 4 rings (SSSR count). The van der Waals surface area contributed by atoms with Crippen LogP contribution < -0.4 is 9.64 Å². The van der Waals surface area contributed by atoms with Crippen molar-refractivity contribution < 1.29 is 13.2 Å². The second kappa shape index (κ2) is 8.68. The van der Waals surface area contributed by atoms with E-state index in [4.69, 9.17) is 16.3 Å². The van der Waals surface area contributed by atoms with E-state index in [0.717, 1.165) is 23.0 Å². The number of methoxy groups -OCH3 is 1. The number of aromatic nitrogens is 4. The number of ether oxygens (including phenoxy) is 1. The van der Waals surface area contributed by atoms with Gasteiger partial charge >= 0.3 is 0 Å². The molecule has 0 aliphatic carbocycles. The van der Waals surface area contributed by atoms with Crippen LogP contribution in [0.25, 0.3) is 5.82 Å². The van der Waals surface area contributed by atoms with Gasteiger partial charge in [-0.3, -0.25) is 4.57 Å². The van der Waals surface area contributed by atoms with Crippen molar-refractivity contribution >= 4 is 27.4 Å². The van der Waals surface area contributed by atoms with Crippen LogP contribution in [0.1, 0.15) is 17.2 Å². The van der Waals surface area contributed by atoms with Gasteiger partial charge in [0, 0.05) is 37.9 Å². The molecule has 170 valence electrons. The fourth-order valence-corrected chi connectivity index (χ4v) is 5.44. The molecule has 0 spiro atoms. The second-order valence-electron chi connectivity index (χ2n) is 7.60. The lowest BCUT2D eigenvalue weighted by atomic mass is 10.3. The summed E-state index contributed by atoms with van der Waals surface area (Å²) in [6.45, 7) is 7.51. The number of anilines is 1. The molecule has 1 saturated heterocycles. The summed E-state index contributed by atoms with van der Waals surface area (Å²) in [4.78, 5) is 15.7. The normalized spacial score (nSPS) is 15.2. The van der Waals surface area contributed by atoms with Crippen molar-refractivity contribution in [3.63, 3.8) is 0 Å². The summed E-state index contributed by atoms with van der Waals surface area (Å²) in [5.41, 5.74) is 1.96. The number of nitrogens with zero attached hydrogens (tertiary/aromatic N) is 6. The van der Waals surface area contributed by atoms with Gasteiger partial charge in [0.1, 0.15) is 29.5 Å². The molecule has 0 unspecified atom stereocenters. The lowest BCUT2D eigenvalue weighted by Gasteiger charge is -2.34. The average Bonchev–Trinajstić information content (AvgIpc) is 3.11. The first-order valence-corrected chi connectivity index (χ1v) is 12.0. The number of hydrogen-bond donors (Lipinski definition) is 0. The molecule has 0 bridgehead atoms. The summed E-state index contributed by atoms with van der Waals surface area (Å²) in [6, 6.07) is 6.42. The lowest BCUT2D eigenvalue weighted by molar-refractivity contribution is 0.383. The van der Waals surface area contributed by atoms with Crippen LogP contribution in [-0.2, 0) is 10.0 Å². The Morgan fingerprint density at radius 3 is 2.28 bits per heavy atom. The molecule has 1 fully saturated rings. The van der Waals surface area contributed by atoms with Gasteiger partial charge in [0.15, 0.2) is 0 Å². The van der Waals surface area contributed by atoms with Crippen LogP contribution in [0.15, 0.2) is 35.5 Å². The molecule has 1 aliphatic heterocycles. The van der Waals surface area contributed by atoms with Gasteiger partial charge in [-0.05, 0) is 39.0 Å². The molecule has 11 heteroatoms. The molecule has 2 aromatic heterocycles. The standard InChI is InChI=1S/C21H25ClN6O3S/c1-14-15(2)28(13-23-14)21-12-20(24-16(3)25-21)26-7-9-27(10-8-26)32(29,30)17-5-6-19(31-4)18(22)11-17/h5-6,11-13H,7-10H2,1-4H3. The van der Waals surface area contributed by atoms with Crippen molar-refractivity contribution in [3.05, 3.63) is 52.8 Å². The van der Waals surface area contributed by atoms with Crippen LogP contribution in [0.4, 0.5) is 5.82 Å². The Hall–Kier alpha value is -2.69. The second-order valence-corrected chi connectivity index (χ2v) is 9.95. The van der Waals surface area contributed by atoms with Crippen LogP contribution in [-0.4, -0.2) is 65.5 Å². The van der Waals surface area contributed by atoms with Crippen LogP contribution in [0.3, 0.4) is 0 Å². The van der Waals surface area contributed by atoms with Gasteiger partial charge < -0.3 is 9.64 Å². The highest BCUT2D eigenvalue weighted by Crippen LogP contribution is 2.29. The zero-order valence-corrected chi connectivity index (χ0v) is 20.0. The maximum absolute atomic E-state index is 13.1. The average molecular weight is 477 g/mol. The monoisotopic (exact) mass is 476 g/mol. The summed E-state index contributed by atoms with van der Waals surface area (Å²) in [6.07, 6.45) is 1.75. The molecule has 0 amide bonds. The molecular formula is C21H25ClN6O3S. The predicted molar refractivity (Wildman–Crippen MR) is 122 cm³/mol. The van der Waals surface area contributed by atoms with Crippen molar-refractivity contribution in [2.45, 2.75) is 25.7 Å². The van der Waals surface area contributed by atoms with E-state index in [1.54, 1.807) is 12.4 Å². The number of benzene rings is 1. The first kappa shape index (κ1) is 22.5. The minimum Gasteiger partial charge on any atom is -0.495 e. The number of sulfonamides is 1. The summed E-state index contributed by atoms with van der Waals surface area (Å²) >= 11 is 6.13. The molecule has 0 atom stereocenters. The molecule has 0 radical (unpaired) electrons. The quantitative estimate of drug-likeness (QED) is 0.558. The largest absolute Gasteiger partial charge is 0.495 e. The molecule has 9 nitrogen and oxygen atoms in total. The number of hydrogen-bond acceptors (Lipinski definition) is 7. The minimum absolute atomic E-state index is 0.155. The van der Waals surface area contributed by atoms with Gasteiger partial charge in [-0.15, -0.1) is 0 Å². The number of halogens is 1. The molecule has 0 saturated carbocycles. The van der Waals surface area contributed by atoms with E-state index in [0.29, 0.717) is 37.8 Å². The minimum atomic E-state index is -3.66. The first-order chi connectivity index (χ1) is 15.2. The van der Waals surface area contributed by atoms with Crippen molar-refractivity contribution in [2.24, 2.45) is 0 Å². The zero-order chi connectivity index (χ0) is 23.0. The van der Waals surface area contributed by atoms with E-state index in [-0.39, 0.29) is 9.92 Å². The fraction of sp³-hybridized carbons (Fsp3) is 0.381. The molecule has 1 aliphatic rings. The highest BCUT2D eigenvalue weighted by atomic mass is 35.5. The third-order valence-electron chi connectivity index (χ3n) is 5.63. The Balaban J connectivity index is 1.53. The SMILES string of the molecule is COc1ccc(S(=O)(=O)N2CCN(c3cc(-n4cnc(C)c4C)nc(C)n3)CC2)cc1Cl. The Morgan fingerprint density at radius 2 is 1.69 bits per heavy atom. The molecule has 3 aromatic rings. The fourth-order valence-electron chi connectivity index (χ4n) is 3.67. The van der Waals surface area contributed by atoms with Gasteiger partial charge in [-0.1, -0.05) is 11.6 Å². The van der Waals surface area contributed by atoms with Gasteiger partial charge in [0.05, 0.1) is 22.7 Å². The summed E-state index contributed by atoms with van der Waals surface area (Å²) < 4.78 is 34.7. The predicted octanol–water partition coefficient (Wildman–Crippen LogP) is 2.76. The van der Waals surface area contributed by atoms with E-state index in [2.05, 4.69) is 19.9 Å². The van der Waals surface area contributed by atoms with E-state index < -0.39 is 10.0 Å². The number of aryl methyl sites for hydroxylation is 2. The number of rotatable bonds is 5. The highest BCUT2D eigenvalue weighted by Gasteiger charge is 2.30. The number of piperazine rings is 1. The third-order valence-corrected chi connectivity index (χ3v) is 7.82. The van der Waals surface area contributed by atoms with Gasteiger partial charge in [0.2, 0.25) is 10.0 Å². The van der Waals surface area contributed by atoms with E-state index in [9.17, 15) is 8.42 Å². The lowest BCUT2D eigenvalue weighted by Crippen LogP contribution is -2.49. The van der Waals surface area contributed by atoms with E-state index in [1.165, 1.54) is 23.5 Å². The van der Waals surface area contributed by atoms with Crippen LogP contribution >= 0.6 is 11.6 Å². The van der Waals surface area contributed by atoms with Crippen molar-refractivity contribution in [1.82, 2.24) is 23.8 Å². The van der Waals surface area contributed by atoms with Crippen molar-refractivity contribution in [1.29, 1.82) is 0 Å². The number of imidazole rings is 1. The molecular weight excluding hydrogens is 452 g/mol. The topological polar surface area (TPSA) is 93.5 Å². The van der Waals surface area contributed by atoms with Gasteiger partial charge in [0.25, 0.3) is 0 Å².